The number of hydrogen-bond donors (Lipinski definition) is 4. The fourth-order valence-electron chi connectivity index (χ4n) is 3.31. The van der Waals surface area contributed by atoms with Gasteiger partial charge in [0.25, 0.3) is 5.91 Å². The van der Waals surface area contributed by atoms with Gasteiger partial charge in [-0.05, 0) is 6.07 Å². The molecule has 4 heterocycles. The second-order valence-corrected chi connectivity index (χ2v) is 6.63. The van der Waals surface area contributed by atoms with Gasteiger partial charge in [0.1, 0.15) is 18.0 Å². The summed E-state index contributed by atoms with van der Waals surface area (Å²) in [6, 6.07) is 1.74. The molecule has 4 unspecified atom stereocenters. The highest BCUT2D eigenvalue weighted by Crippen LogP contribution is 2.33. The first-order chi connectivity index (χ1) is 14.5. The average molecular weight is 415 g/mol. The Kier molecular flexibility index (Phi) is 5.20. The van der Waals surface area contributed by atoms with Crippen LogP contribution < -0.4 is 15.4 Å². The molecule has 0 spiro atoms. The molecule has 0 aliphatic carbocycles. The number of nitrogens with zero attached hydrogens (tertiary/aromatic N) is 5. The second kappa shape index (κ2) is 7.82. The lowest BCUT2D eigenvalue weighted by Crippen LogP contribution is -2.41. The first-order valence-electron chi connectivity index (χ1n) is 9.13. The minimum atomic E-state index is -1.40. The number of aliphatic hydroxyl groups is 2. The highest BCUT2D eigenvalue weighted by atomic mass is 16.6. The molecule has 1 amide bonds. The lowest BCUT2D eigenvalue weighted by Gasteiger charge is -2.17. The van der Waals surface area contributed by atoms with E-state index >= 15 is 0 Å². The van der Waals surface area contributed by atoms with Crippen molar-refractivity contribution >= 4 is 22.9 Å². The molecular weight excluding hydrogens is 394 g/mol. The molecule has 1 saturated heterocycles. The Bertz CT molecular complexity index is 1090. The standard InChI is InChI=1S/C18H21N7O5/c1-19-15-10-16(24-14(23-15)8-4-9(29-3)6-21-5-8)25(7-22-10)18-12(27)11(26)13(30-18)17(28)20-2/h4-7,11-13,18,26-27H,1-3H3,(H,20,28)(H,19,23,24). The number of nitrogens with one attached hydrogen (secondary N) is 2. The van der Waals surface area contributed by atoms with E-state index in [9.17, 15) is 15.0 Å². The van der Waals surface area contributed by atoms with Crippen LogP contribution in [-0.2, 0) is 9.53 Å². The Morgan fingerprint density at radius 1 is 1.23 bits per heavy atom. The number of ether oxygens (including phenoxy) is 2. The fourth-order valence-corrected chi connectivity index (χ4v) is 3.31. The lowest BCUT2D eigenvalue weighted by atomic mass is 10.1. The van der Waals surface area contributed by atoms with Crippen molar-refractivity contribution in [2.24, 2.45) is 0 Å². The van der Waals surface area contributed by atoms with Crippen molar-refractivity contribution in [3.8, 4) is 17.1 Å². The summed E-state index contributed by atoms with van der Waals surface area (Å²) in [6.45, 7) is 0. The number of carbonyl (C=O) groups is 1. The zero-order valence-corrected chi connectivity index (χ0v) is 16.5. The monoisotopic (exact) mass is 415 g/mol. The molecule has 1 aliphatic rings. The molecule has 0 bridgehead atoms. The third-order valence-corrected chi connectivity index (χ3v) is 4.88. The number of rotatable bonds is 5. The van der Waals surface area contributed by atoms with Crippen molar-refractivity contribution in [1.29, 1.82) is 0 Å². The number of hydrogen-bond acceptors (Lipinski definition) is 10. The van der Waals surface area contributed by atoms with E-state index in [-0.39, 0.29) is 0 Å². The second-order valence-electron chi connectivity index (χ2n) is 6.63. The first-order valence-corrected chi connectivity index (χ1v) is 9.13. The topological polar surface area (TPSA) is 157 Å². The first kappa shape index (κ1) is 19.9. The molecule has 3 aromatic heterocycles. The van der Waals surface area contributed by atoms with E-state index in [0.29, 0.717) is 34.1 Å². The zero-order chi connectivity index (χ0) is 21.4. The summed E-state index contributed by atoms with van der Waals surface area (Å²) in [5, 5.41) is 26.1. The van der Waals surface area contributed by atoms with Crippen molar-refractivity contribution < 1.29 is 24.5 Å². The summed E-state index contributed by atoms with van der Waals surface area (Å²) in [7, 11) is 4.65. The Morgan fingerprint density at radius 3 is 2.73 bits per heavy atom. The van der Waals surface area contributed by atoms with E-state index in [4.69, 9.17) is 9.47 Å². The van der Waals surface area contributed by atoms with E-state index in [1.54, 1.807) is 25.5 Å². The lowest BCUT2D eigenvalue weighted by molar-refractivity contribution is -0.137. The summed E-state index contributed by atoms with van der Waals surface area (Å²) >= 11 is 0. The Hall–Kier alpha value is -3.35. The van der Waals surface area contributed by atoms with Crippen molar-refractivity contribution in [3.05, 3.63) is 24.8 Å². The maximum atomic E-state index is 12.0. The number of aliphatic hydroxyl groups excluding tert-OH is 2. The molecule has 4 N–H and O–H groups in total. The number of imidazole rings is 1. The van der Waals surface area contributed by atoms with Gasteiger partial charge in [-0.2, -0.15) is 0 Å². The minimum Gasteiger partial charge on any atom is -0.495 e. The van der Waals surface area contributed by atoms with Gasteiger partial charge in [-0.15, -0.1) is 0 Å². The number of amides is 1. The molecule has 158 valence electrons. The number of likely N-dealkylation sites (N-methyl/N-ethyl adjacent to an activating group) is 1. The molecule has 1 fully saturated rings. The predicted molar refractivity (Wildman–Crippen MR) is 105 cm³/mol. The molecule has 30 heavy (non-hydrogen) atoms. The van der Waals surface area contributed by atoms with Gasteiger partial charge in [0.05, 0.1) is 19.6 Å². The van der Waals surface area contributed by atoms with Crippen molar-refractivity contribution in [3.63, 3.8) is 0 Å². The molecule has 4 rings (SSSR count). The summed E-state index contributed by atoms with van der Waals surface area (Å²) in [5.74, 6) is 0.798. The normalized spacial score (nSPS) is 23.5. The van der Waals surface area contributed by atoms with E-state index < -0.39 is 30.4 Å². The highest BCUT2D eigenvalue weighted by molar-refractivity contribution is 5.85. The molecule has 0 saturated carbocycles. The average Bonchev–Trinajstić information content (AvgIpc) is 3.33. The molecule has 12 heteroatoms. The quantitative estimate of drug-likeness (QED) is 0.420. The largest absolute Gasteiger partial charge is 0.495 e. The maximum Gasteiger partial charge on any atom is 0.251 e. The number of carbonyl (C=O) groups excluding carboxylic acids is 1. The van der Waals surface area contributed by atoms with Crippen LogP contribution in [0.15, 0.2) is 24.8 Å². The molecule has 12 nitrogen and oxygen atoms in total. The number of aromatic nitrogens is 5. The number of methoxy groups -OCH3 is 1. The highest BCUT2D eigenvalue weighted by Gasteiger charge is 2.47. The van der Waals surface area contributed by atoms with Crippen molar-refractivity contribution in [2.45, 2.75) is 24.5 Å². The molecule has 0 aromatic carbocycles. The van der Waals surface area contributed by atoms with Gasteiger partial charge in [-0.25, -0.2) is 15.0 Å². The molecule has 1 aliphatic heterocycles. The summed E-state index contributed by atoms with van der Waals surface area (Å²) in [6.07, 6.45) is -0.478. The van der Waals surface area contributed by atoms with Gasteiger partial charge >= 0.3 is 0 Å². The van der Waals surface area contributed by atoms with Crippen LogP contribution >= 0.6 is 0 Å². The van der Waals surface area contributed by atoms with Crippen molar-refractivity contribution in [2.75, 3.05) is 26.5 Å². The van der Waals surface area contributed by atoms with Crippen LogP contribution in [0.4, 0.5) is 5.82 Å². The van der Waals surface area contributed by atoms with Gasteiger partial charge in [0.15, 0.2) is 35.1 Å². The van der Waals surface area contributed by atoms with E-state index in [0.717, 1.165) is 0 Å². The van der Waals surface area contributed by atoms with Crippen LogP contribution in [0.25, 0.3) is 22.6 Å². The van der Waals surface area contributed by atoms with Crippen LogP contribution in [0.2, 0.25) is 0 Å². The summed E-state index contributed by atoms with van der Waals surface area (Å²) < 4.78 is 12.3. The minimum absolute atomic E-state index is 0.343. The predicted octanol–water partition coefficient (Wildman–Crippen LogP) is -0.696. The van der Waals surface area contributed by atoms with Gasteiger partial charge in [0.2, 0.25) is 0 Å². The van der Waals surface area contributed by atoms with Gasteiger partial charge < -0.3 is 30.3 Å². The van der Waals surface area contributed by atoms with Gasteiger partial charge in [-0.3, -0.25) is 14.3 Å². The van der Waals surface area contributed by atoms with E-state index in [2.05, 4.69) is 30.6 Å². The van der Waals surface area contributed by atoms with Crippen LogP contribution in [0.3, 0.4) is 0 Å². The Balaban J connectivity index is 1.81. The zero-order valence-electron chi connectivity index (χ0n) is 16.5. The van der Waals surface area contributed by atoms with Crippen LogP contribution in [-0.4, -0.2) is 80.1 Å². The van der Waals surface area contributed by atoms with E-state index in [1.807, 2.05) is 0 Å². The SMILES string of the molecule is CNC(=O)C1OC(n2cnc3c(NC)nc(-c4cncc(OC)c4)nc32)C(O)C1O. The van der Waals surface area contributed by atoms with E-state index in [1.165, 1.54) is 25.1 Å². The molecule has 0 radical (unpaired) electrons. The van der Waals surface area contributed by atoms with Crippen LogP contribution in [0.5, 0.6) is 5.75 Å². The molecule has 3 aromatic rings. The number of pyridine rings is 1. The number of fused-ring (bicyclic) bond motifs is 1. The van der Waals surface area contributed by atoms with Crippen LogP contribution in [0, 0.1) is 0 Å². The smallest absolute Gasteiger partial charge is 0.251 e. The Morgan fingerprint density at radius 2 is 2.03 bits per heavy atom. The number of anilines is 1. The summed E-state index contributed by atoms with van der Waals surface area (Å²) in [4.78, 5) is 29.5. The summed E-state index contributed by atoms with van der Waals surface area (Å²) in [5.41, 5.74) is 1.39. The van der Waals surface area contributed by atoms with Gasteiger partial charge in [0, 0.05) is 25.9 Å². The molecular formula is C18H21N7O5. The molecule has 4 atom stereocenters. The maximum absolute atomic E-state index is 12.0. The van der Waals surface area contributed by atoms with Crippen molar-refractivity contribution in [1.82, 2.24) is 29.8 Å². The van der Waals surface area contributed by atoms with Crippen LogP contribution in [0.1, 0.15) is 6.23 Å². The van der Waals surface area contributed by atoms with Gasteiger partial charge in [-0.1, -0.05) is 0 Å². The third kappa shape index (κ3) is 3.20. The third-order valence-electron chi connectivity index (χ3n) is 4.88. The fraction of sp³-hybridized carbons (Fsp3) is 0.389. The Labute approximate surface area is 170 Å².